The predicted octanol–water partition coefficient (Wildman–Crippen LogP) is 3.06. The Labute approximate surface area is 185 Å². The normalized spacial score (nSPS) is 20.0. The zero-order valence-electron chi connectivity index (χ0n) is 18.4. The highest BCUT2D eigenvalue weighted by atomic mass is 16.5. The van der Waals surface area contributed by atoms with Gasteiger partial charge in [0, 0.05) is 38.8 Å². The van der Waals surface area contributed by atoms with Gasteiger partial charge >= 0.3 is 0 Å². The van der Waals surface area contributed by atoms with Crippen LogP contribution in [0.4, 0.5) is 0 Å². The molecule has 2 fully saturated rings. The molecule has 6 nitrogen and oxygen atoms in total. The van der Waals surface area contributed by atoms with Crippen molar-refractivity contribution < 1.29 is 14.3 Å². The third-order valence-corrected chi connectivity index (χ3v) is 6.35. The lowest BCUT2D eigenvalue weighted by molar-refractivity contribution is -0.134. The molecule has 6 heteroatoms. The van der Waals surface area contributed by atoms with Crippen LogP contribution in [0.2, 0.25) is 0 Å². The van der Waals surface area contributed by atoms with Crippen LogP contribution in [0.1, 0.15) is 24.4 Å². The van der Waals surface area contributed by atoms with Crippen LogP contribution in [0, 0.1) is 0 Å². The van der Waals surface area contributed by atoms with Crippen LogP contribution < -0.4 is 9.47 Å². The summed E-state index contributed by atoms with van der Waals surface area (Å²) in [6, 6.07) is 18.5. The highest BCUT2D eigenvalue weighted by molar-refractivity contribution is 5.78. The Morgan fingerprint density at radius 3 is 2.39 bits per heavy atom. The van der Waals surface area contributed by atoms with Gasteiger partial charge in [0.25, 0.3) is 0 Å². The lowest BCUT2D eigenvalue weighted by Crippen LogP contribution is -2.51. The number of carbonyl (C=O) groups is 1. The van der Waals surface area contributed by atoms with E-state index in [1.165, 1.54) is 5.56 Å². The lowest BCUT2D eigenvalue weighted by Gasteiger charge is -2.36. The molecule has 0 unspecified atom stereocenters. The summed E-state index contributed by atoms with van der Waals surface area (Å²) in [4.78, 5) is 19.7. The first-order valence-corrected chi connectivity index (χ1v) is 11.3. The second-order valence-corrected chi connectivity index (χ2v) is 8.29. The number of carbonyl (C=O) groups excluding carboxylic acids is 1. The molecule has 1 atom stereocenters. The van der Waals surface area contributed by atoms with E-state index >= 15 is 0 Å². The van der Waals surface area contributed by atoms with Gasteiger partial charge in [-0.05, 0) is 49.2 Å². The Bertz CT molecular complexity index is 820. The molecule has 2 aliphatic heterocycles. The number of likely N-dealkylation sites (tertiary alicyclic amines) is 1. The van der Waals surface area contributed by atoms with E-state index in [1.54, 1.807) is 7.11 Å². The topological polar surface area (TPSA) is 45.2 Å². The Morgan fingerprint density at radius 1 is 0.935 bits per heavy atom. The molecule has 0 bridgehead atoms. The Balaban J connectivity index is 1.21. The van der Waals surface area contributed by atoms with E-state index in [9.17, 15) is 4.79 Å². The first-order chi connectivity index (χ1) is 15.2. The summed E-state index contributed by atoms with van der Waals surface area (Å²) in [7, 11) is 1.69. The van der Waals surface area contributed by atoms with Gasteiger partial charge < -0.3 is 14.4 Å². The monoisotopic (exact) mass is 423 g/mol. The molecule has 1 amide bonds. The maximum atomic E-state index is 13.0. The number of para-hydroxylation sites is 1. The minimum Gasteiger partial charge on any atom is -0.497 e. The summed E-state index contributed by atoms with van der Waals surface area (Å²) in [5.74, 6) is 2.03. The van der Waals surface area contributed by atoms with Crippen LogP contribution in [-0.4, -0.2) is 80.1 Å². The lowest BCUT2D eigenvalue weighted by atomic mass is 10.0. The third kappa shape index (κ3) is 5.77. The number of amides is 1. The Morgan fingerprint density at radius 2 is 1.68 bits per heavy atom. The highest BCUT2D eigenvalue weighted by Crippen LogP contribution is 2.32. The molecule has 0 saturated carbocycles. The Kier molecular flexibility index (Phi) is 7.43. The van der Waals surface area contributed by atoms with Gasteiger partial charge in [-0.3, -0.25) is 14.6 Å². The molecule has 2 aliphatic rings. The molecule has 0 aliphatic carbocycles. The number of rotatable bonds is 8. The molecule has 2 aromatic rings. The van der Waals surface area contributed by atoms with Gasteiger partial charge in [0.2, 0.25) is 5.91 Å². The smallest absolute Gasteiger partial charge is 0.236 e. The summed E-state index contributed by atoms with van der Waals surface area (Å²) >= 11 is 0. The molecular formula is C25H33N3O3. The van der Waals surface area contributed by atoms with E-state index in [1.807, 2.05) is 47.4 Å². The zero-order chi connectivity index (χ0) is 21.5. The number of nitrogens with zero attached hydrogens (tertiary/aromatic N) is 3. The molecule has 4 rings (SSSR count). The SMILES string of the molecule is COc1ccc([C@H]2CCCN2CC(=O)N2CCN(CCOc3ccccc3)CC2)cc1. The van der Waals surface area contributed by atoms with Crippen molar-refractivity contribution in [3.05, 3.63) is 60.2 Å². The van der Waals surface area contributed by atoms with Crippen LogP contribution in [0.3, 0.4) is 0 Å². The predicted molar refractivity (Wildman–Crippen MR) is 121 cm³/mol. The first kappa shape index (κ1) is 21.7. The van der Waals surface area contributed by atoms with Crippen molar-refractivity contribution in [3.63, 3.8) is 0 Å². The van der Waals surface area contributed by atoms with Gasteiger partial charge in [0.15, 0.2) is 0 Å². The average Bonchev–Trinajstić information content (AvgIpc) is 3.28. The standard InChI is InChI=1S/C25H33N3O3/c1-30-22-11-9-21(10-12-22)24-8-5-13-28(24)20-25(29)27-16-14-26(15-17-27)18-19-31-23-6-3-2-4-7-23/h2-4,6-7,9-12,24H,5,8,13-20H2,1H3/t24-/m1/s1. The van der Waals surface area contributed by atoms with Crippen LogP contribution >= 0.6 is 0 Å². The van der Waals surface area contributed by atoms with Crippen LogP contribution in [0.25, 0.3) is 0 Å². The fourth-order valence-electron chi connectivity index (χ4n) is 4.52. The Hall–Kier alpha value is -2.57. The van der Waals surface area contributed by atoms with Gasteiger partial charge in [-0.25, -0.2) is 0 Å². The highest BCUT2D eigenvalue weighted by Gasteiger charge is 2.30. The van der Waals surface area contributed by atoms with E-state index in [-0.39, 0.29) is 5.91 Å². The number of ether oxygens (including phenoxy) is 2. The molecule has 31 heavy (non-hydrogen) atoms. The van der Waals surface area contributed by atoms with Gasteiger partial charge in [-0.1, -0.05) is 30.3 Å². The van der Waals surface area contributed by atoms with Crippen molar-refractivity contribution >= 4 is 5.91 Å². The molecular weight excluding hydrogens is 390 g/mol. The van der Waals surface area contributed by atoms with Crippen molar-refractivity contribution in [3.8, 4) is 11.5 Å². The third-order valence-electron chi connectivity index (χ3n) is 6.35. The summed E-state index contributed by atoms with van der Waals surface area (Å²) in [5, 5.41) is 0. The zero-order valence-corrected chi connectivity index (χ0v) is 18.4. The van der Waals surface area contributed by atoms with Crippen LogP contribution in [0.15, 0.2) is 54.6 Å². The van der Waals surface area contributed by atoms with Crippen molar-refractivity contribution in [1.29, 1.82) is 0 Å². The number of hydrogen-bond acceptors (Lipinski definition) is 5. The van der Waals surface area contributed by atoms with E-state index in [0.717, 1.165) is 63.6 Å². The summed E-state index contributed by atoms with van der Waals surface area (Å²) in [6.45, 7) is 6.47. The molecule has 2 aromatic carbocycles. The number of methoxy groups -OCH3 is 1. The van der Waals surface area contributed by atoms with Crippen molar-refractivity contribution in [2.75, 3.05) is 59.5 Å². The summed E-state index contributed by atoms with van der Waals surface area (Å²) in [5.41, 5.74) is 1.27. The maximum Gasteiger partial charge on any atom is 0.236 e. The first-order valence-electron chi connectivity index (χ1n) is 11.3. The second-order valence-electron chi connectivity index (χ2n) is 8.29. The minimum absolute atomic E-state index is 0.251. The number of piperazine rings is 1. The maximum absolute atomic E-state index is 13.0. The van der Waals surface area contributed by atoms with Crippen LogP contribution in [-0.2, 0) is 4.79 Å². The van der Waals surface area contributed by atoms with E-state index in [4.69, 9.17) is 9.47 Å². The van der Waals surface area contributed by atoms with E-state index < -0.39 is 0 Å². The summed E-state index contributed by atoms with van der Waals surface area (Å²) in [6.07, 6.45) is 2.24. The van der Waals surface area contributed by atoms with Crippen molar-refractivity contribution in [1.82, 2.24) is 14.7 Å². The van der Waals surface area contributed by atoms with E-state index in [2.05, 4.69) is 21.9 Å². The fourth-order valence-corrected chi connectivity index (χ4v) is 4.52. The molecule has 166 valence electrons. The molecule has 0 N–H and O–H groups in total. The van der Waals surface area contributed by atoms with Crippen LogP contribution in [0.5, 0.6) is 11.5 Å². The molecule has 0 spiro atoms. The average molecular weight is 424 g/mol. The largest absolute Gasteiger partial charge is 0.497 e. The molecule has 0 aromatic heterocycles. The number of hydrogen-bond donors (Lipinski definition) is 0. The van der Waals surface area contributed by atoms with Crippen molar-refractivity contribution in [2.45, 2.75) is 18.9 Å². The minimum atomic E-state index is 0.251. The van der Waals surface area contributed by atoms with Crippen molar-refractivity contribution in [2.24, 2.45) is 0 Å². The molecule has 2 saturated heterocycles. The van der Waals surface area contributed by atoms with Gasteiger partial charge in [-0.2, -0.15) is 0 Å². The molecule has 2 heterocycles. The number of benzene rings is 2. The van der Waals surface area contributed by atoms with Gasteiger partial charge in [-0.15, -0.1) is 0 Å². The van der Waals surface area contributed by atoms with Gasteiger partial charge in [0.05, 0.1) is 13.7 Å². The van der Waals surface area contributed by atoms with E-state index in [0.29, 0.717) is 19.2 Å². The second kappa shape index (κ2) is 10.6. The quantitative estimate of drug-likeness (QED) is 0.653. The fraction of sp³-hybridized carbons (Fsp3) is 0.480. The van der Waals surface area contributed by atoms with Gasteiger partial charge in [0.1, 0.15) is 18.1 Å². The summed E-state index contributed by atoms with van der Waals surface area (Å²) < 4.78 is 11.1. The molecule has 0 radical (unpaired) electrons.